The number of carbonyl (C=O) groups is 2. The fourth-order valence-electron chi connectivity index (χ4n) is 1.99. The maximum absolute atomic E-state index is 11.9. The Labute approximate surface area is 110 Å². The lowest BCUT2D eigenvalue weighted by molar-refractivity contribution is -0.132. The van der Waals surface area contributed by atoms with E-state index in [4.69, 9.17) is 0 Å². The number of hydrogen-bond donors (Lipinski definition) is 1. The summed E-state index contributed by atoms with van der Waals surface area (Å²) in [5.41, 5.74) is 0. The summed E-state index contributed by atoms with van der Waals surface area (Å²) in [5.74, 6) is 0.782. The minimum absolute atomic E-state index is 0.0215. The molecule has 0 atom stereocenters. The van der Waals surface area contributed by atoms with Gasteiger partial charge in [0.25, 0.3) is 0 Å². The van der Waals surface area contributed by atoms with Crippen LogP contribution in [0.25, 0.3) is 0 Å². The van der Waals surface area contributed by atoms with Crippen molar-refractivity contribution >= 4 is 11.9 Å². The molecule has 0 radical (unpaired) electrons. The quantitative estimate of drug-likeness (QED) is 0.823. The van der Waals surface area contributed by atoms with Crippen LogP contribution in [0.5, 0.6) is 0 Å². The first-order chi connectivity index (χ1) is 8.54. The van der Waals surface area contributed by atoms with E-state index in [-0.39, 0.29) is 11.9 Å². The molecule has 0 spiro atoms. The van der Waals surface area contributed by atoms with Gasteiger partial charge in [-0.05, 0) is 19.3 Å². The second-order valence-electron chi connectivity index (χ2n) is 5.14. The number of piperazine rings is 1. The van der Waals surface area contributed by atoms with Crippen molar-refractivity contribution in [1.82, 2.24) is 15.1 Å². The monoisotopic (exact) mass is 255 g/mol. The van der Waals surface area contributed by atoms with Crippen molar-refractivity contribution < 1.29 is 9.59 Å². The van der Waals surface area contributed by atoms with Gasteiger partial charge in [-0.3, -0.25) is 4.79 Å². The van der Waals surface area contributed by atoms with Crippen molar-refractivity contribution in [2.75, 3.05) is 32.7 Å². The van der Waals surface area contributed by atoms with Crippen molar-refractivity contribution in [1.29, 1.82) is 0 Å². The summed E-state index contributed by atoms with van der Waals surface area (Å²) in [5, 5.41) is 2.78. The summed E-state index contributed by atoms with van der Waals surface area (Å²) in [6.45, 7) is 9.40. The van der Waals surface area contributed by atoms with Gasteiger partial charge >= 0.3 is 6.03 Å². The number of nitrogens with one attached hydrogen (secondary N) is 1. The Balaban J connectivity index is 2.30. The number of rotatable bonds is 4. The summed E-state index contributed by atoms with van der Waals surface area (Å²) in [7, 11) is 0. The molecule has 1 aliphatic rings. The molecule has 5 nitrogen and oxygen atoms in total. The number of urea groups is 1. The first kappa shape index (κ1) is 14.8. The smallest absolute Gasteiger partial charge is 0.317 e. The van der Waals surface area contributed by atoms with Gasteiger partial charge in [0, 0.05) is 39.1 Å². The molecular weight excluding hydrogens is 230 g/mol. The van der Waals surface area contributed by atoms with Gasteiger partial charge < -0.3 is 15.1 Å². The zero-order chi connectivity index (χ0) is 13.5. The maximum atomic E-state index is 11.9. The lowest BCUT2D eigenvalue weighted by Gasteiger charge is -2.34. The lowest BCUT2D eigenvalue weighted by atomic mass is 10.1. The molecule has 0 bridgehead atoms. The van der Waals surface area contributed by atoms with Crippen LogP contribution in [-0.2, 0) is 4.79 Å². The Hall–Kier alpha value is -1.26. The largest absolute Gasteiger partial charge is 0.339 e. The number of amides is 3. The normalized spacial score (nSPS) is 16.0. The van der Waals surface area contributed by atoms with Gasteiger partial charge in [0.2, 0.25) is 5.91 Å². The predicted molar refractivity (Wildman–Crippen MR) is 71.3 cm³/mol. The molecule has 0 aromatic carbocycles. The predicted octanol–water partition coefficient (Wildman–Crippen LogP) is 1.30. The number of nitrogens with zero attached hydrogens (tertiary/aromatic N) is 2. The Bertz CT molecular complexity index is 284. The molecule has 18 heavy (non-hydrogen) atoms. The van der Waals surface area contributed by atoms with Crippen LogP contribution in [-0.4, -0.2) is 54.5 Å². The summed E-state index contributed by atoms with van der Waals surface area (Å²) in [6, 6.07) is -0.0215. The van der Waals surface area contributed by atoms with Crippen LogP contribution < -0.4 is 5.32 Å². The van der Waals surface area contributed by atoms with E-state index in [0.717, 1.165) is 6.42 Å². The maximum Gasteiger partial charge on any atom is 0.317 e. The van der Waals surface area contributed by atoms with E-state index in [1.54, 1.807) is 4.90 Å². The van der Waals surface area contributed by atoms with Gasteiger partial charge in [-0.25, -0.2) is 4.79 Å². The average Bonchev–Trinajstić information content (AvgIpc) is 2.36. The van der Waals surface area contributed by atoms with Crippen LogP contribution in [0.3, 0.4) is 0 Å². The molecule has 1 fully saturated rings. The highest BCUT2D eigenvalue weighted by atomic mass is 16.2. The van der Waals surface area contributed by atoms with Crippen LogP contribution in [0.15, 0.2) is 0 Å². The standard InChI is InChI=1S/C13H25N3O2/c1-4-14-13(18)16-9-7-15(8-10-16)12(17)6-5-11(2)3/h11H,4-10H2,1-3H3,(H,14,18). The molecular formula is C13H25N3O2. The van der Waals surface area contributed by atoms with E-state index in [2.05, 4.69) is 19.2 Å². The third-order valence-corrected chi connectivity index (χ3v) is 3.18. The van der Waals surface area contributed by atoms with Crippen molar-refractivity contribution in [3.63, 3.8) is 0 Å². The van der Waals surface area contributed by atoms with E-state index in [1.807, 2.05) is 11.8 Å². The first-order valence-electron chi connectivity index (χ1n) is 6.85. The van der Waals surface area contributed by atoms with Crippen LogP contribution in [0.2, 0.25) is 0 Å². The average molecular weight is 255 g/mol. The highest BCUT2D eigenvalue weighted by Gasteiger charge is 2.23. The summed E-state index contributed by atoms with van der Waals surface area (Å²) >= 11 is 0. The molecule has 0 aromatic heterocycles. The summed E-state index contributed by atoms with van der Waals surface area (Å²) < 4.78 is 0. The Morgan fingerprint density at radius 1 is 1.11 bits per heavy atom. The van der Waals surface area contributed by atoms with Crippen LogP contribution >= 0.6 is 0 Å². The van der Waals surface area contributed by atoms with Gasteiger partial charge in [-0.15, -0.1) is 0 Å². The second-order valence-corrected chi connectivity index (χ2v) is 5.14. The molecule has 1 aliphatic heterocycles. The van der Waals surface area contributed by atoms with Crippen molar-refractivity contribution in [2.24, 2.45) is 5.92 Å². The van der Waals surface area contributed by atoms with Gasteiger partial charge in [-0.1, -0.05) is 13.8 Å². The molecule has 3 amide bonds. The minimum Gasteiger partial charge on any atom is -0.339 e. The topological polar surface area (TPSA) is 52.7 Å². The Kier molecular flexibility index (Phi) is 5.95. The third kappa shape index (κ3) is 4.55. The summed E-state index contributed by atoms with van der Waals surface area (Å²) in [4.78, 5) is 27.2. The molecule has 1 rings (SSSR count). The van der Waals surface area contributed by atoms with Crippen LogP contribution in [0, 0.1) is 5.92 Å². The highest BCUT2D eigenvalue weighted by molar-refractivity contribution is 5.77. The zero-order valence-electron chi connectivity index (χ0n) is 11.7. The van der Waals surface area contributed by atoms with Gasteiger partial charge in [0.15, 0.2) is 0 Å². The third-order valence-electron chi connectivity index (χ3n) is 3.18. The molecule has 1 saturated heterocycles. The van der Waals surface area contributed by atoms with Crippen molar-refractivity contribution in [2.45, 2.75) is 33.6 Å². The summed E-state index contributed by atoms with van der Waals surface area (Å²) in [6.07, 6.45) is 1.56. The molecule has 104 valence electrons. The molecule has 0 aromatic rings. The van der Waals surface area contributed by atoms with Gasteiger partial charge in [0.1, 0.15) is 0 Å². The van der Waals surface area contributed by atoms with E-state index >= 15 is 0 Å². The molecule has 0 saturated carbocycles. The molecule has 1 N–H and O–H groups in total. The second kappa shape index (κ2) is 7.24. The Morgan fingerprint density at radius 2 is 1.67 bits per heavy atom. The number of carbonyl (C=O) groups excluding carboxylic acids is 2. The number of hydrogen-bond acceptors (Lipinski definition) is 2. The fraction of sp³-hybridized carbons (Fsp3) is 0.846. The van der Waals surface area contributed by atoms with Gasteiger partial charge in [-0.2, -0.15) is 0 Å². The van der Waals surface area contributed by atoms with Crippen LogP contribution in [0.4, 0.5) is 4.79 Å². The lowest BCUT2D eigenvalue weighted by Crippen LogP contribution is -2.53. The SMILES string of the molecule is CCNC(=O)N1CCN(C(=O)CCC(C)C)CC1. The van der Waals surface area contributed by atoms with Crippen molar-refractivity contribution in [3.8, 4) is 0 Å². The zero-order valence-corrected chi connectivity index (χ0v) is 11.7. The van der Waals surface area contributed by atoms with Gasteiger partial charge in [0.05, 0.1) is 0 Å². The first-order valence-corrected chi connectivity index (χ1v) is 6.85. The van der Waals surface area contributed by atoms with E-state index in [0.29, 0.717) is 45.1 Å². The molecule has 1 heterocycles. The Morgan fingerprint density at radius 3 is 2.17 bits per heavy atom. The molecule has 5 heteroatoms. The van der Waals surface area contributed by atoms with E-state index < -0.39 is 0 Å². The highest BCUT2D eigenvalue weighted by Crippen LogP contribution is 2.09. The van der Waals surface area contributed by atoms with Crippen LogP contribution in [0.1, 0.15) is 33.6 Å². The molecule has 0 aliphatic carbocycles. The van der Waals surface area contributed by atoms with E-state index in [1.165, 1.54) is 0 Å². The van der Waals surface area contributed by atoms with E-state index in [9.17, 15) is 9.59 Å². The van der Waals surface area contributed by atoms with Crippen molar-refractivity contribution in [3.05, 3.63) is 0 Å². The fourth-order valence-corrected chi connectivity index (χ4v) is 1.99. The molecule has 0 unspecified atom stereocenters. The minimum atomic E-state index is -0.0215.